The molecule has 1 aliphatic heterocycles. The Labute approximate surface area is 181 Å². The van der Waals surface area contributed by atoms with Crippen LogP contribution in [0, 0.1) is 0 Å². The van der Waals surface area contributed by atoms with Crippen LogP contribution in [0.15, 0.2) is 73.1 Å². The summed E-state index contributed by atoms with van der Waals surface area (Å²) in [5.74, 6) is 0.943. The number of carbonyl (C=O) groups is 1. The molecule has 0 radical (unpaired) electrons. The third-order valence-corrected chi connectivity index (χ3v) is 6.00. The van der Waals surface area contributed by atoms with Gasteiger partial charge in [-0.3, -0.25) is 4.79 Å². The Morgan fingerprint density at radius 3 is 2.48 bits per heavy atom. The minimum atomic E-state index is -0.535. The average Bonchev–Trinajstić information content (AvgIpc) is 2.83. The van der Waals surface area contributed by atoms with Gasteiger partial charge in [-0.05, 0) is 34.9 Å². The van der Waals surface area contributed by atoms with E-state index in [0.29, 0.717) is 19.5 Å². The highest BCUT2D eigenvalue weighted by Gasteiger charge is 2.26. The molecule has 0 unspecified atom stereocenters. The number of amides is 1. The number of piperazine rings is 1. The zero-order chi connectivity index (χ0) is 21.2. The number of nitrogens with two attached hydrogens (primary N) is 1. The first-order valence-electron chi connectivity index (χ1n) is 10.7. The number of aromatic nitrogens is 2. The fraction of sp³-hybridized carbons (Fsp3) is 0.240. The molecule has 4 aromatic rings. The quantitative estimate of drug-likeness (QED) is 0.559. The summed E-state index contributed by atoms with van der Waals surface area (Å²) >= 11 is 0. The van der Waals surface area contributed by atoms with Crippen molar-refractivity contribution in [2.24, 2.45) is 5.73 Å². The Morgan fingerprint density at radius 2 is 1.65 bits per heavy atom. The molecule has 1 atom stereocenters. The molecule has 3 aromatic carbocycles. The van der Waals surface area contributed by atoms with E-state index in [-0.39, 0.29) is 5.91 Å². The van der Waals surface area contributed by atoms with Gasteiger partial charge in [-0.25, -0.2) is 9.97 Å². The lowest BCUT2D eigenvalue weighted by Gasteiger charge is -2.36. The van der Waals surface area contributed by atoms with Gasteiger partial charge in [0.25, 0.3) is 0 Å². The molecular formula is C25H25N5O. The van der Waals surface area contributed by atoms with Crippen molar-refractivity contribution < 1.29 is 4.79 Å². The Morgan fingerprint density at radius 1 is 0.903 bits per heavy atom. The molecule has 0 saturated carbocycles. The van der Waals surface area contributed by atoms with Crippen molar-refractivity contribution >= 4 is 33.4 Å². The van der Waals surface area contributed by atoms with Gasteiger partial charge in [-0.1, -0.05) is 54.6 Å². The standard InChI is InChI=1S/C25H25N5O/c26-22(16-18-9-10-19-5-1-2-6-20(19)15-18)25(31)30-13-11-29(12-14-30)24-21-7-3-4-8-23(21)27-17-28-24/h1-10,15,17,22H,11-14,16,26H2/t22-/m1/s1. The zero-order valence-electron chi connectivity index (χ0n) is 17.3. The Bertz CT molecular complexity index is 1230. The number of nitrogens with zero attached hydrogens (tertiary/aromatic N) is 4. The maximum absolute atomic E-state index is 13.0. The molecule has 2 heterocycles. The van der Waals surface area contributed by atoms with Crippen LogP contribution in [0.2, 0.25) is 0 Å². The fourth-order valence-corrected chi connectivity index (χ4v) is 4.32. The normalized spacial score (nSPS) is 15.4. The lowest BCUT2D eigenvalue weighted by atomic mass is 10.0. The molecule has 1 amide bonds. The molecule has 31 heavy (non-hydrogen) atoms. The second-order valence-corrected chi connectivity index (χ2v) is 8.02. The van der Waals surface area contributed by atoms with Crippen molar-refractivity contribution in [1.29, 1.82) is 0 Å². The number of benzene rings is 3. The van der Waals surface area contributed by atoms with Gasteiger partial charge in [0, 0.05) is 31.6 Å². The first-order valence-corrected chi connectivity index (χ1v) is 10.7. The maximum Gasteiger partial charge on any atom is 0.239 e. The molecule has 2 N–H and O–H groups in total. The maximum atomic E-state index is 13.0. The Kier molecular flexibility index (Phi) is 5.22. The van der Waals surface area contributed by atoms with Gasteiger partial charge < -0.3 is 15.5 Å². The van der Waals surface area contributed by atoms with Crippen LogP contribution in [0.25, 0.3) is 21.7 Å². The second-order valence-electron chi connectivity index (χ2n) is 8.02. The van der Waals surface area contributed by atoms with Crippen LogP contribution in [0.1, 0.15) is 5.56 Å². The predicted molar refractivity (Wildman–Crippen MR) is 124 cm³/mol. The van der Waals surface area contributed by atoms with Crippen molar-refractivity contribution in [3.63, 3.8) is 0 Å². The van der Waals surface area contributed by atoms with Gasteiger partial charge >= 0.3 is 0 Å². The molecule has 1 fully saturated rings. The number of para-hydroxylation sites is 1. The van der Waals surface area contributed by atoms with Crippen LogP contribution in [0.3, 0.4) is 0 Å². The summed E-state index contributed by atoms with van der Waals surface area (Å²) in [7, 11) is 0. The highest BCUT2D eigenvalue weighted by atomic mass is 16.2. The monoisotopic (exact) mass is 411 g/mol. The Balaban J connectivity index is 1.24. The SMILES string of the molecule is N[C@H](Cc1ccc2ccccc2c1)C(=O)N1CCN(c2ncnc3ccccc23)CC1. The van der Waals surface area contributed by atoms with Crippen LogP contribution in [-0.4, -0.2) is 53.0 Å². The van der Waals surface area contributed by atoms with Gasteiger partial charge in [0.2, 0.25) is 5.91 Å². The molecule has 1 aromatic heterocycles. The molecule has 6 nitrogen and oxygen atoms in total. The van der Waals surface area contributed by atoms with E-state index in [0.717, 1.165) is 35.4 Å². The van der Waals surface area contributed by atoms with Gasteiger partial charge in [0.1, 0.15) is 12.1 Å². The van der Waals surface area contributed by atoms with E-state index in [1.165, 1.54) is 10.8 Å². The highest BCUT2D eigenvalue weighted by Crippen LogP contribution is 2.24. The highest BCUT2D eigenvalue weighted by molar-refractivity contribution is 5.89. The van der Waals surface area contributed by atoms with E-state index < -0.39 is 6.04 Å². The zero-order valence-corrected chi connectivity index (χ0v) is 17.3. The Hall–Kier alpha value is -3.51. The van der Waals surface area contributed by atoms with Crippen molar-refractivity contribution in [3.8, 4) is 0 Å². The van der Waals surface area contributed by atoms with E-state index in [1.54, 1.807) is 6.33 Å². The van der Waals surface area contributed by atoms with Crippen LogP contribution >= 0.6 is 0 Å². The van der Waals surface area contributed by atoms with Crippen molar-refractivity contribution in [1.82, 2.24) is 14.9 Å². The van der Waals surface area contributed by atoms with Gasteiger partial charge in [-0.15, -0.1) is 0 Å². The van der Waals surface area contributed by atoms with Crippen LogP contribution in [0.5, 0.6) is 0 Å². The third kappa shape index (κ3) is 3.94. The summed E-state index contributed by atoms with van der Waals surface area (Å²) in [4.78, 5) is 25.9. The number of rotatable bonds is 4. The van der Waals surface area contributed by atoms with E-state index in [1.807, 2.05) is 41.3 Å². The molecule has 6 heteroatoms. The van der Waals surface area contributed by atoms with Crippen molar-refractivity contribution in [2.45, 2.75) is 12.5 Å². The van der Waals surface area contributed by atoms with E-state index in [9.17, 15) is 4.79 Å². The van der Waals surface area contributed by atoms with Crippen LogP contribution in [-0.2, 0) is 11.2 Å². The molecule has 156 valence electrons. The summed E-state index contributed by atoms with van der Waals surface area (Å²) < 4.78 is 0. The molecule has 1 aliphatic rings. The second kappa shape index (κ2) is 8.32. The van der Waals surface area contributed by atoms with E-state index in [4.69, 9.17) is 5.73 Å². The van der Waals surface area contributed by atoms with Gasteiger partial charge in [-0.2, -0.15) is 0 Å². The number of hydrogen-bond acceptors (Lipinski definition) is 5. The van der Waals surface area contributed by atoms with Crippen LogP contribution < -0.4 is 10.6 Å². The minimum Gasteiger partial charge on any atom is -0.352 e. The average molecular weight is 412 g/mol. The molecule has 5 rings (SSSR count). The smallest absolute Gasteiger partial charge is 0.239 e. The number of anilines is 1. The van der Waals surface area contributed by atoms with Crippen molar-refractivity contribution in [3.05, 3.63) is 78.6 Å². The fourth-order valence-electron chi connectivity index (χ4n) is 4.32. The number of fused-ring (bicyclic) bond motifs is 2. The molecule has 0 bridgehead atoms. The predicted octanol–water partition coefficient (Wildman–Crippen LogP) is 3.00. The van der Waals surface area contributed by atoms with Gasteiger partial charge in [0.15, 0.2) is 0 Å². The first kappa shape index (κ1) is 19.5. The summed E-state index contributed by atoms with van der Waals surface area (Å²) in [6, 6.07) is 22.0. The number of hydrogen-bond donors (Lipinski definition) is 1. The largest absolute Gasteiger partial charge is 0.352 e. The van der Waals surface area contributed by atoms with Gasteiger partial charge in [0.05, 0.1) is 11.6 Å². The summed E-state index contributed by atoms with van der Waals surface area (Å²) in [6.07, 6.45) is 2.15. The van der Waals surface area contributed by atoms with Crippen LogP contribution in [0.4, 0.5) is 5.82 Å². The summed E-state index contributed by atoms with van der Waals surface area (Å²) in [5, 5.41) is 3.41. The summed E-state index contributed by atoms with van der Waals surface area (Å²) in [6.45, 7) is 2.75. The topological polar surface area (TPSA) is 75.4 Å². The van der Waals surface area contributed by atoms with E-state index >= 15 is 0 Å². The molecule has 0 aliphatic carbocycles. The van der Waals surface area contributed by atoms with Crippen molar-refractivity contribution in [2.75, 3.05) is 31.1 Å². The third-order valence-electron chi connectivity index (χ3n) is 6.00. The first-order chi connectivity index (χ1) is 15.2. The molecule has 1 saturated heterocycles. The lowest BCUT2D eigenvalue weighted by Crippen LogP contribution is -2.53. The molecule has 0 spiro atoms. The lowest BCUT2D eigenvalue weighted by molar-refractivity contribution is -0.132. The summed E-state index contributed by atoms with van der Waals surface area (Å²) in [5.41, 5.74) is 8.34. The number of carbonyl (C=O) groups excluding carboxylic acids is 1. The minimum absolute atomic E-state index is 0.0142. The van der Waals surface area contributed by atoms with E-state index in [2.05, 4.69) is 45.2 Å². The molecular weight excluding hydrogens is 386 g/mol.